The molecule has 1 aromatic heterocycles. The Labute approximate surface area is 60.2 Å². The quantitative estimate of drug-likeness (QED) is 0.575. The molecule has 0 saturated carbocycles. The lowest BCUT2D eigenvalue weighted by atomic mass is 10.5. The third-order valence-electron chi connectivity index (χ3n) is 0.917. The summed E-state index contributed by atoms with van der Waals surface area (Å²) >= 11 is 0. The van der Waals surface area contributed by atoms with Crippen LogP contribution in [0.4, 0.5) is 0 Å². The van der Waals surface area contributed by atoms with Crippen LogP contribution in [-0.2, 0) is 0 Å². The Morgan fingerprint density at radius 3 is 3.20 bits per heavy atom. The fourth-order valence-corrected chi connectivity index (χ4v) is 0.521. The van der Waals surface area contributed by atoms with Gasteiger partial charge in [0.25, 0.3) is 0 Å². The maximum absolute atomic E-state index is 5.08. The van der Waals surface area contributed by atoms with Gasteiger partial charge in [-0.3, -0.25) is 4.98 Å². The van der Waals surface area contributed by atoms with Crippen molar-refractivity contribution in [2.24, 2.45) is 0 Å². The molecule has 0 atom stereocenters. The highest BCUT2D eigenvalue weighted by Crippen LogP contribution is 2.04. The Morgan fingerprint density at radius 1 is 1.70 bits per heavy atom. The van der Waals surface area contributed by atoms with Gasteiger partial charge < -0.3 is 4.74 Å². The average molecular weight is 134 g/mol. The molecule has 0 aliphatic rings. The van der Waals surface area contributed by atoms with Crippen molar-refractivity contribution in [2.75, 3.05) is 0 Å². The molecule has 0 aliphatic carbocycles. The predicted octanol–water partition coefficient (Wildman–Crippen LogP) is 1.79. The second-order valence-electron chi connectivity index (χ2n) is 1.71. The van der Waals surface area contributed by atoms with E-state index in [2.05, 4.69) is 11.1 Å². The van der Waals surface area contributed by atoms with Gasteiger partial charge in [-0.1, -0.05) is 6.08 Å². The molecule has 2 nitrogen and oxygen atoms in total. The van der Waals surface area contributed by atoms with E-state index in [-0.39, 0.29) is 0 Å². The monoisotopic (exact) mass is 134 g/mol. The molecule has 0 unspecified atom stereocenters. The summed E-state index contributed by atoms with van der Waals surface area (Å²) in [6.07, 6.45) is 6.64. The molecule has 1 rings (SSSR count). The highest BCUT2D eigenvalue weighted by Gasteiger charge is 1.84. The van der Waals surface area contributed by atoms with Crippen LogP contribution in [0.25, 0.3) is 0 Å². The second kappa shape index (κ2) is 3.67. The summed E-state index contributed by atoms with van der Waals surface area (Å²) in [5.41, 5.74) is 0. The van der Waals surface area contributed by atoms with Crippen molar-refractivity contribution in [3.05, 3.63) is 36.9 Å². The average Bonchev–Trinajstić information content (AvgIpc) is 2.03. The number of pyridine rings is 1. The van der Waals surface area contributed by atoms with Gasteiger partial charge >= 0.3 is 0 Å². The van der Waals surface area contributed by atoms with E-state index in [1.165, 1.54) is 0 Å². The van der Waals surface area contributed by atoms with Crippen molar-refractivity contribution in [1.29, 1.82) is 0 Å². The van der Waals surface area contributed by atoms with E-state index in [0.29, 0.717) is 5.75 Å². The van der Waals surface area contributed by atoms with Crippen molar-refractivity contribution < 1.29 is 4.74 Å². The molecule has 1 radical (unpaired) electrons. The number of hydrogen-bond donors (Lipinski definition) is 0. The zero-order valence-electron chi connectivity index (χ0n) is 5.74. The van der Waals surface area contributed by atoms with Crippen molar-refractivity contribution in [3.63, 3.8) is 0 Å². The van der Waals surface area contributed by atoms with Crippen molar-refractivity contribution in [3.8, 4) is 5.75 Å². The minimum atomic E-state index is 0.709. The van der Waals surface area contributed by atoms with Crippen molar-refractivity contribution in [2.45, 2.75) is 6.92 Å². The Bertz CT molecular complexity index is 206. The van der Waals surface area contributed by atoms with Gasteiger partial charge in [0.2, 0.25) is 0 Å². The molecule has 0 spiro atoms. The number of hydrogen-bond acceptors (Lipinski definition) is 2. The van der Waals surface area contributed by atoms with Crippen LogP contribution in [0.3, 0.4) is 0 Å². The number of rotatable bonds is 2. The summed E-state index contributed by atoms with van der Waals surface area (Å²) in [5.74, 6) is 0.709. The number of allylic oxidation sites excluding steroid dienone is 1. The van der Waals surface area contributed by atoms with E-state index in [9.17, 15) is 0 Å². The van der Waals surface area contributed by atoms with Crippen LogP contribution >= 0.6 is 0 Å². The normalized spacial score (nSPS) is 10.1. The van der Waals surface area contributed by atoms with Crippen LogP contribution in [0.1, 0.15) is 6.92 Å². The Hall–Kier alpha value is -1.31. The number of ether oxygens (including phenoxy) is 1. The third kappa shape index (κ3) is 1.90. The van der Waals surface area contributed by atoms with E-state index in [0.717, 1.165) is 0 Å². The first kappa shape index (κ1) is 6.81. The Balaban J connectivity index is 2.59. The standard InChI is InChI=1S/C8H8NO/c1-2-6-10-8-4-3-5-9-7-8/h2,4-7H,1H3. The van der Waals surface area contributed by atoms with Crippen LogP contribution in [0.5, 0.6) is 5.75 Å². The van der Waals surface area contributed by atoms with Gasteiger partial charge in [-0.15, -0.1) is 0 Å². The number of nitrogens with zero attached hydrogens (tertiary/aromatic N) is 1. The highest BCUT2D eigenvalue weighted by atomic mass is 16.5. The van der Waals surface area contributed by atoms with E-state index in [4.69, 9.17) is 4.74 Å². The molecule has 0 fully saturated rings. The summed E-state index contributed by atoms with van der Waals surface area (Å²) in [4.78, 5) is 3.82. The summed E-state index contributed by atoms with van der Waals surface area (Å²) in [6.45, 7) is 1.89. The van der Waals surface area contributed by atoms with Crippen LogP contribution < -0.4 is 4.74 Å². The molecule has 0 amide bonds. The minimum absolute atomic E-state index is 0.709. The Morgan fingerprint density at radius 2 is 2.60 bits per heavy atom. The first-order chi connectivity index (χ1) is 4.93. The smallest absolute Gasteiger partial charge is 0.145 e. The largest absolute Gasteiger partial charge is 0.464 e. The first-order valence-corrected chi connectivity index (χ1v) is 3.02. The third-order valence-corrected chi connectivity index (χ3v) is 0.917. The van der Waals surface area contributed by atoms with Crippen LogP contribution in [0.2, 0.25) is 0 Å². The second-order valence-corrected chi connectivity index (χ2v) is 1.71. The summed E-state index contributed by atoms with van der Waals surface area (Å²) < 4.78 is 5.08. The molecule has 0 aliphatic heterocycles. The number of aromatic nitrogens is 1. The molecule has 51 valence electrons. The van der Waals surface area contributed by atoms with E-state index in [1.54, 1.807) is 24.7 Å². The zero-order chi connectivity index (χ0) is 7.23. The molecule has 0 saturated heterocycles. The summed E-state index contributed by atoms with van der Waals surface area (Å²) in [6, 6.07) is 4.53. The lowest BCUT2D eigenvalue weighted by Crippen LogP contribution is -1.80. The van der Waals surface area contributed by atoms with Crippen LogP contribution in [0, 0.1) is 6.07 Å². The zero-order valence-corrected chi connectivity index (χ0v) is 5.74. The maximum Gasteiger partial charge on any atom is 0.145 e. The fourth-order valence-electron chi connectivity index (χ4n) is 0.521. The lowest BCUT2D eigenvalue weighted by molar-refractivity contribution is 0.478. The molecule has 1 heterocycles. The van der Waals surface area contributed by atoms with Gasteiger partial charge in [0.15, 0.2) is 0 Å². The van der Waals surface area contributed by atoms with Crippen molar-refractivity contribution in [1.82, 2.24) is 4.98 Å². The van der Waals surface area contributed by atoms with Gasteiger partial charge in [0, 0.05) is 12.3 Å². The van der Waals surface area contributed by atoms with Gasteiger partial charge in [-0.2, -0.15) is 0 Å². The van der Waals surface area contributed by atoms with E-state index < -0.39 is 0 Å². The minimum Gasteiger partial charge on any atom is -0.464 e. The molecule has 0 aromatic carbocycles. The van der Waals surface area contributed by atoms with Gasteiger partial charge in [-0.25, -0.2) is 0 Å². The topological polar surface area (TPSA) is 22.1 Å². The van der Waals surface area contributed by atoms with Crippen LogP contribution in [-0.4, -0.2) is 4.98 Å². The van der Waals surface area contributed by atoms with Gasteiger partial charge in [-0.05, 0) is 13.0 Å². The maximum atomic E-state index is 5.08. The molecule has 0 bridgehead atoms. The molecule has 10 heavy (non-hydrogen) atoms. The van der Waals surface area contributed by atoms with Gasteiger partial charge in [0.05, 0.1) is 12.5 Å². The first-order valence-electron chi connectivity index (χ1n) is 3.02. The molecular weight excluding hydrogens is 126 g/mol. The summed E-state index contributed by atoms with van der Waals surface area (Å²) in [7, 11) is 0. The summed E-state index contributed by atoms with van der Waals surface area (Å²) in [5, 5.41) is 0. The molecular formula is C8H8NO. The SMILES string of the molecule is CC=COc1c[c]cnc1. The molecule has 0 N–H and O–H groups in total. The Kier molecular flexibility index (Phi) is 2.49. The highest BCUT2D eigenvalue weighted by molar-refractivity contribution is 5.15. The van der Waals surface area contributed by atoms with Gasteiger partial charge in [0.1, 0.15) is 5.75 Å². The lowest BCUT2D eigenvalue weighted by Gasteiger charge is -1.95. The molecule has 2 heteroatoms. The predicted molar refractivity (Wildman–Crippen MR) is 38.5 cm³/mol. The fraction of sp³-hybridized carbons (Fsp3) is 0.125. The van der Waals surface area contributed by atoms with Crippen molar-refractivity contribution >= 4 is 0 Å². The molecule has 1 aromatic rings. The van der Waals surface area contributed by atoms with E-state index in [1.807, 2.05) is 13.0 Å². The van der Waals surface area contributed by atoms with Crippen LogP contribution in [0.15, 0.2) is 30.8 Å². The van der Waals surface area contributed by atoms with E-state index >= 15 is 0 Å².